The van der Waals surface area contributed by atoms with Crippen LogP contribution in [0.2, 0.25) is 0 Å². The average molecular weight is 251 g/mol. The van der Waals surface area contributed by atoms with Gasteiger partial charge in [-0.05, 0) is 44.0 Å². The highest BCUT2D eigenvalue weighted by atomic mass is 32.1. The first-order valence-corrected chi connectivity index (χ1v) is 6.24. The standard InChI is InChI=1S/C13H17NO2S/c1-9-2-5-12(16-9)8-15-11-6-3-10(4-7-11)13(14)17/h3-4,6-7,9,12H,2,5,8H2,1H3,(H2,14,17). The van der Waals surface area contributed by atoms with Crippen molar-refractivity contribution in [3.8, 4) is 5.75 Å². The normalized spacial score (nSPS) is 23.6. The zero-order valence-corrected chi connectivity index (χ0v) is 10.7. The summed E-state index contributed by atoms with van der Waals surface area (Å²) >= 11 is 4.89. The number of rotatable bonds is 4. The monoisotopic (exact) mass is 251 g/mol. The summed E-state index contributed by atoms with van der Waals surface area (Å²) < 4.78 is 11.3. The molecule has 1 saturated heterocycles. The van der Waals surface area contributed by atoms with Crippen molar-refractivity contribution >= 4 is 17.2 Å². The summed E-state index contributed by atoms with van der Waals surface area (Å²) in [6.45, 7) is 2.70. The molecule has 4 heteroatoms. The van der Waals surface area contributed by atoms with E-state index in [0.29, 0.717) is 17.7 Å². The summed E-state index contributed by atoms with van der Waals surface area (Å²) in [5, 5.41) is 0. The zero-order valence-electron chi connectivity index (χ0n) is 9.89. The van der Waals surface area contributed by atoms with E-state index < -0.39 is 0 Å². The van der Waals surface area contributed by atoms with Crippen LogP contribution < -0.4 is 10.5 Å². The van der Waals surface area contributed by atoms with E-state index in [4.69, 9.17) is 27.4 Å². The van der Waals surface area contributed by atoms with Gasteiger partial charge >= 0.3 is 0 Å². The molecular formula is C13H17NO2S. The quantitative estimate of drug-likeness (QED) is 0.834. The second kappa shape index (κ2) is 5.47. The predicted molar refractivity (Wildman–Crippen MR) is 71.4 cm³/mol. The van der Waals surface area contributed by atoms with Gasteiger partial charge in [-0.2, -0.15) is 0 Å². The van der Waals surface area contributed by atoms with Crippen molar-refractivity contribution in [2.75, 3.05) is 6.61 Å². The Bertz CT molecular complexity index is 391. The molecule has 1 heterocycles. The first-order chi connectivity index (χ1) is 8.15. The fraction of sp³-hybridized carbons (Fsp3) is 0.462. The van der Waals surface area contributed by atoms with E-state index in [1.807, 2.05) is 24.3 Å². The molecule has 1 aliphatic rings. The molecule has 0 bridgehead atoms. The smallest absolute Gasteiger partial charge is 0.119 e. The van der Waals surface area contributed by atoms with Crippen LogP contribution in [0.4, 0.5) is 0 Å². The first-order valence-electron chi connectivity index (χ1n) is 5.83. The molecule has 1 aromatic carbocycles. The van der Waals surface area contributed by atoms with Crippen LogP contribution in [0.5, 0.6) is 5.75 Å². The maximum Gasteiger partial charge on any atom is 0.119 e. The van der Waals surface area contributed by atoms with Gasteiger partial charge in [0.1, 0.15) is 17.3 Å². The van der Waals surface area contributed by atoms with Crippen LogP contribution >= 0.6 is 12.2 Å². The summed E-state index contributed by atoms with van der Waals surface area (Å²) in [5.41, 5.74) is 6.38. The fourth-order valence-electron chi connectivity index (χ4n) is 1.91. The van der Waals surface area contributed by atoms with Crippen LogP contribution in [0, 0.1) is 0 Å². The molecule has 0 aromatic heterocycles. The largest absolute Gasteiger partial charge is 0.491 e. The van der Waals surface area contributed by atoms with Gasteiger partial charge in [-0.1, -0.05) is 12.2 Å². The molecule has 2 N–H and O–H groups in total. The van der Waals surface area contributed by atoms with E-state index in [0.717, 1.165) is 24.2 Å². The molecule has 0 spiro atoms. The van der Waals surface area contributed by atoms with Gasteiger partial charge in [-0.25, -0.2) is 0 Å². The number of benzene rings is 1. The summed E-state index contributed by atoms with van der Waals surface area (Å²) in [5.74, 6) is 0.827. The molecule has 92 valence electrons. The summed E-state index contributed by atoms with van der Waals surface area (Å²) in [6.07, 6.45) is 2.78. The summed E-state index contributed by atoms with van der Waals surface area (Å²) in [7, 11) is 0. The van der Waals surface area contributed by atoms with Crippen molar-refractivity contribution in [1.82, 2.24) is 0 Å². The Morgan fingerprint density at radius 1 is 1.41 bits per heavy atom. The van der Waals surface area contributed by atoms with Crippen molar-refractivity contribution in [3.05, 3.63) is 29.8 Å². The Morgan fingerprint density at radius 3 is 2.65 bits per heavy atom. The molecule has 0 aliphatic carbocycles. The van der Waals surface area contributed by atoms with Gasteiger partial charge < -0.3 is 15.2 Å². The average Bonchev–Trinajstić information content (AvgIpc) is 2.73. The van der Waals surface area contributed by atoms with Crippen LogP contribution in [0.25, 0.3) is 0 Å². The Hall–Kier alpha value is -1.13. The molecule has 2 atom stereocenters. The molecule has 0 amide bonds. The van der Waals surface area contributed by atoms with Crippen LogP contribution in [-0.2, 0) is 4.74 Å². The Morgan fingerprint density at radius 2 is 2.12 bits per heavy atom. The van der Waals surface area contributed by atoms with E-state index in [-0.39, 0.29) is 6.10 Å². The Labute approximate surface area is 107 Å². The predicted octanol–water partition coefficient (Wildman–Crippen LogP) is 2.27. The maximum absolute atomic E-state index is 5.68. The minimum atomic E-state index is 0.222. The molecule has 1 aliphatic heterocycles. The second-order valence-electron chi connectivity index (χ2n) is 4.35. The van der Waals surface area contributed by atoms with Gasteiger partial charge in [-0.15, -0.1) is 0 Å². The molecule has 3 nitrogen and oxygen atoms in total. The molecule has 1 fully saturated rings. The SMILES string of the molecule is CC1CCC(COc2ccc(C(N)=S)cc2)O1. The lowest BCUT2D eigenvalue weighted by molar-refractivity contribution is 0.0264. The van der Waals surface area contributed by atoms with Crippen LogP contribution in [-0.4, -0.2) is 23.8 Å². The van der Waals surface area contributed by atoms with Crippen molar-refractivity contribution < 1.29 is 9.47 Å². The van der Waals surface area contributed by atoms with Gasteiger partial charge in [0.05, 0.1) is 12.2 Å². The van der Waals surface area contributed by atoms with Gasteiger partial charge in [0.2, 0.25) is 0 Å². The van der Waals surface area contributed by atoms with Crippen molar-refractivity contribution in [2.45, 2.75) is 32.0 Å². The van der Waals surface area contributed by atoms with E-state index in [1.54, 1.807) is 0 Å². The molecule has 0 radical (unpaired) electrons. The lowest BCUT2D eigenvalue weighted by atomic mass is 10.2. The third kappa shape index (κ3) is 3.41. The Kier molecular flexibility index (Phi) is 3.97. The van der Waals surface area contributed by atoms with Gasteiger partial charge in [0, 0.05) is 5.56 Å². The highest BCUT2D eigenvalue weighted by Crippen LogP contribution is 2.20. The molecule has 1 aromatic rings. The fourth-order valence-corrected chi connectivity index (χ4v) is 2.05. The minimum absolute atomic E-state index is 0.222. The third-order valence-electron chi connectivity index (χ3n) is 2.89. The molecule has 0 saturated carbocycles. The number of ether oxygens (including phenoxy) is 2. The van der Waals surface area contributed by atoms with Crippen molar-refractivity contribution in [3.63, 3.8) is 0 Å². The zero-order chi connectivity index (χ0) is 12.3. The van der Waals surface area contributed by atoms with Gasteiger partial charge in [0.25, 0.3) is 0 Å². The minimum Gasteiger partial charge on any atom is -0.491 e. The lowest BCUT2D eigenvalue weighted by Gasteiger charge is -2.12. The summed E-state index contributed by atoms with van der Waals surface area (Å²) in [4.78, 5) is 0.407. The van der Waals surface area contributed by atoms with E-state index >= 15 is 0 Å². The lowest BCUT2D eigenvalue weighted by Crippen LogP contribution is -2.18. The highest BCUT2D eigenvalue weighted by Gasteiger charge is 2.22. The maximum atomic E-state index is 5.68. The van der Waals surface area contributed by atoms with Gasteiger partial charge in [-0.3, -0.25) is 0 Å². The molecular weight excluding hydrogens is 234 g/mol. The third-order valence-corrected chi connectivity index (χ3v) is 3.13. The second-order valence-corrected chi connectivity index (χ2v) is 4.79. The van der Waals surface area contributed by atoms with Crippen molar-refractivity contribution in [2.24, 2.45) is 5.73 Å². The van der Waals surface area contributed by atoms with Crippen LogP contribution in [0.15, 0.2) is 24.3 Å². The Balaban J connectivity index is 1.85. The molecule has 2 rings (SSSR count). The van der Waals surface area contributed by atoms with Crippen LogP contribution in [0.3, 0.4) is 0 Å². The van der Waals surface area contributed by atoms with E-state index in [9.17, 15) is 0 Å². The van der Waals surface area contributed by atoms with E-state index in [1.165, 1.54) is 0 Å². The van der Waals surface area contributed by atoms with Crippen molar-refractivity contribution in [1.29, 1.82) is 0 Å². The number of thiocarbonyl (C=S) groups is 1. The summed E-state index contributed by atoms with van der Waals surface area (Å²) in [6, 6.07) is 7.51. The number of nitrogens with two attached hydrogens (primary N) is 1. The number of hydrogen-bond acceptors (Lipinski definition) is 3. The first kappa shape index (κ1) is 12.3. The topological polar surface area (TPSA) is 44.5 Å². The molecule has 17 heavy (non-hydrogen) atoms. The highest BCUT2D eigenvalue weighted by molar-refractivity contribution is 7.80. The number of hydrogen-bond donors (Lipinski definition) is 1. The van der Waals surface area contributed by atoms with E-state index in [2.05, 4.69) is 6.92 Å². The van der Waals surface area contributed by atoms with Gasteiger partial charge in [0.15, 0.2) is 0 Å². The molecule has 2 unspecified atom stereocenters. The van der Waals surface area contributed by atoms with Crippen LogP contribution in [0.1, 0.15) is 25.3 Å².